The summed E-state index contributed by atoms with van der Waals surface area (Å²) in [5, 5.41) is 14.2. The van der Waals surface area contributed by atoms with E-state index < -0.39 is 11.9 Å². The fourth-order valence-electron chi connectivity index (χ4n) is 2.42. The molecule has 0 fully saturated rings. The SMILES string of the molecule is CCC(C(=O)O)c1nc2c3cccc(OC)c3nc(N)n2n1. The largest absolute Gasteiger partial charge is 0.494 e. The van der Waals surface area contributed by atoms with E-state index in [4.69, 9.17) is 10.5 Å². The molecule has 0 saturated heterocycles. The number of anilines is 1. The number of carbonyl (C=O) groups is 1. The van der Waals surface area contributed by atoms with Gasteiger partial charge in [-0.3, -0.25) is 4.79 Å². The molecule has 0 aliphatic rings. The van der Waals surface area contributed by atoms with Gasteiger partial charge in [0, 0.05) is 5.39 Å². The molecule has 0 spiro atoms. The Morgan fingerprint density at radius 2 is 2.23 bits per heavy atom. The van der Waals surface area contributed by atoms with Crippen LogP contribution in [0.5, 0.6) is 5.75 Å². The standard InChI is InChI=1S/C14H15N5O3/c1-3-7(13(20)21)11-17-12-8-5-4-6-9(22-2)10(8)16-14(15)19(12)18-11/h4-7H,3H2,1-2H3,(H2,15,16)(H,20,21). The Morgan fingerprint density at radius 3 is 2.86 bits per heavy atom. The summed E-state index contributed by atoms with van der Waals surface area (Å²) in [5.41, 5.74) is 6.96. The van der Waals surface area contributed by atoms with Crippen LogP contribution in [0.4, 0.5) is 5.95 Å². The van der Waals surface area contributed by atoms with Crippen molar-refractivity contribution in [1.29, 1.82) is 0 Å². The van der Waals surface area contributed by atoms with Crippen LogP contribution < -0.4 is 10.5 Å². The summed E-state index contributed by atoms with van der Waals surface area (Å²) in [6, 6.07) is 5.40. The maximum atomic E-state index is 11.3. The van der Waals surface area contributed by atoms with Gasteiger partial charge in [-0.1, -0.05) is 13.0 Å². The number of benzene rings is 1. The van der Waals surface area contributed by atoms with Crippen LogP contribution in [0.25, 0.3) is 16.6 Å². The van der Waals surface area contributed by atoms with E-state index in [9.17, 15) is 9.90 Å². The lowest BCUT2D eigenvalue weighted by Gasteiger charge is -2.06. The monoisotopic (exact) mass is 301 g/mol. The second kappa shape index (κ2) is 5.14. The van der Waals surface area contributed by atoms with Crippen molar-refractivity contribution in [3.8, 4) is 5.75 Å². The summed E-state index contributed by atoms with van der Waals surface area (Å²) < 4.78 is 6.64. The molecule has 1 aromatic carbocycles. The van der Waals surface area contributed by atoms with Crippen LogP contribution in [-0.4, -0.2) is 37.8 Å². The lowest BCUT2D eigenvalue weighted by atomic mass is 10.1. The van der Waals surface area contributed by atoms with Gasteiger partial charge in [-0.25, -0.2) is 9.97 Å². The summed E-state index contributed by atoms with van der Waals surface area (Å²) >= 11 is 0. The summed E-state index contributed by atoms with van der Waals surface area (Å²) in [5.74, 6) is -0.821. The Bertz CT molecular complexity index is 874. The van der Waals surface area contributed by atoms with Gasteiger partial charge < -0.3 is 15.6 Å². The van der Waals surface area contributed by atoms with Gasteiger partial charge in [0.05, 0.1) is 7.11 Å². The molecule has 3 rings (SSSR count). The van der Waals surface area contributed by atoms with Crippen molar-refractivity contribution in [2.75, 3.05) is 12.8 Å². The Balaban J connectivity index is 2.34. The second-order valence-corrected chi connectivity index (χ2v) is 4.83. The molecule has 3 N–H and O–H groups in total. The number of hydrogen-bond donors (Lipinski definition) is 2. The lowest BCUT2D eigenvalue weighted by molar-refractivity contribution is -0.139. The van der Waals surface area contributed by atoms with E-state index in [-0.39, 0.29) is 11.8 Å². The van der Waals surface area contributed by atoms with Crippen LogP contribution in [0.15, 0.2) is 18.2 Å². The average molecular weight is 301 g/mol. The number of methoxy groups -OCH3 is 1. The first-order chi connectivity index (χ1) is 10.6. The minimum atomic E-state index is -0.966. The fraction of sp³-hybridized carbons (Fsp3) is 0.286. The molecule has 2 aromatic heterocycles. The Hall–Kier alpha value is -2.90. The van der Waals surface area contributed by atoms with Crippen molar-refractivity contribution in [2.24, 2.45) is 0 Å². The zero-order valence-corrected chi connectivity index (χ0v) is 12.1. The third-order valence-corrected chi connectivity index (χ3v) is 3.54. The molecule has 3 aromatic rings. The van der Waals surface area contributed by atoms with Gasteiger partial charge in [0.2, 0.25) is 5.95 Å². The summed E-state index contributed by atoms with van der Waals surface area (Å²) in [7, 11) is 1.55. The van der Waals surface area contributed by atoms with Crippen molar-refractivity contribution in [3.63, 3.8) is 0 Å². The number of carboxylic acids is 1. The highest BCUT2D eigenvalue weighted by Gasteiger charge is 2.24. The predicted octanol–water partition coefficient (Wildman–Crippen LogP) is 1.45. The molecular weight excluding hydrogens is 286 g/mol. The highest BCUT2D eigenvalue weighted by atomic mass is 16.5. The van der Waals surface area contributed by atoms with Gasteiger partial charge in [0.15, 0.2) is 11.5 Å². The van der Waals surface area contributed by atoms with E-state index in [0.29, 0.717) is 28.7 Å². The zero-order chi connectivity index (χ0) is 15.9. The second-order valence-electron chi connectivity index (χ2n) is 4.83. The Labute approximate surface area is 125 Å². The minimum Gasteiger partial charge on any atom is -0.494 e. The third kappa shape index (κ3) is 2.00. The molecule has 0 bridgehead atoms. The molecule has 0 aliphatic carbocycles. The fourth-order valence-corrected chi connectivity index (χ4v) is 2.42. The summed E-state index contributed by atoms with van der Waals surface area (Å²) in [6.07, 6.45) is 0.390. The first kappa shape index (κ1) is 14.1. The van der Waals surface area contributed by atoms with Crippen LogP contribution >= 0.6 is 0 Å². The van der Waals surface area contributed by atoms with E-state index in [1.54, 1.807) is 20.1 Å². The molecule has 2 heterocycles. The van der Waals surface area contributed by atoms with Crippen molar-refractivity contribution in [3.05, 3.63) is 24.0 Å². The van der Waals surface area contributed by atoms with E-state index in [0.717, 1.165) is 0 Å². The number of para-hydroxylation sites is 1. The number of nitrogens with zero attached hydrogens (tertiary/aromatic N) is 4. The maximum absolute atomic E-state index is 11.3. The molecule has 8 heteroatoms. The van der Waals surface area contributed by atoms with Gasteiger partial charge in [0.1, 0.15) is 17.2 Å². The maximum Gasteiger partial charge on any atom is 0.314 e. The molecule has 1 atom stereocenters. The Morgan fingerprint density at radius 1 is 1.45 bits per heavy atom. The summed E-state index contributed by atoms with van der Waals surface area (Å²) in [4.78, 5) is 19.9. The van der Waals surface area contributed by atoms with Gasteiger partial charge >= 0.3 is 5.97 Å². The molecule has 0 amide bonds. The van der Waals surface area contributed by atoms with Gasteiger partial charge in [-0.15, -0.1) is 5.10 Å². The van der Waals surface area contributed by atoms with Gasteiger partial charge in [0.25, 0.3) is 0 Å². The summed E-state index contributed by atoms with van der Waals surface area (Å²) in [6.45, 7) is 1.77. The van der Waals surface area contributed by atoms with E-state index >= 15 is 0 Å². The quantitative estimate of drug-likeness (QED) is 0.749. The first-order valence-electron chi connectivity index (χ1n) is 6.78. The van der Waals surface area contributed by atoms with Gasteiger partial charge in [-0.05, 0) is 18.6 Å². The predicted molar refractivity (Wildman–Crippen MR) is 79.9 cm³/mol. The Kier molecular flexibility index (Phi) is 3.28. The van der Waals surface area contributed by atoms with E-state index in [2.05, 4.69) is 15.1 Å². The van der Waals surface area contributed by atoms with Crippen LogP contribution in [0.1, 0.15) is 25.1 Å². The number of nitrogens with two attached hydrogens (primary N) is 1. The number of hydrogen-bond acceptors (Lipinski definition) is 6. The molecule has 8 nitrogen and oxygen atoms in total. The number of rotatable bonds is 4. The zero-order valence-electron chi connectivity index (χ0n) is 12.1. The molecule has 22 heavy (non-hydrogen) atoms. The van der Waals surface area contributed by atoms with Crippen molar-refractivity contribution in [1.82, 2.24) is 19.6 Å². The van der Waals surface area contributed by atoms with Crippen molar-refractivity contribution < 1.29 is 14.6 Å². The van der Waals surface area contributed by atoms with Crippen LogP contribution in [0.3, 0.4) is 0 Å². The number of ether oxygens (including phenoxy) is 1. The number of nitrogen functional groups attached to an aromatic ring is 1. The highest BCUT2D eigenvalue weighted by molar-refractivity contribution is 5.96. The molecule has 114 valence electrons. The topological polar surface area (TPSA) is 116 Å². The van der Waals surface area contributed by atoms with Gasteiger partial charge in [-0.2, -0.15) is 4.52 Å². The number of carboxylic acid groups (broad SMARTS) is 1. The number of fused-ring (bicyclic) bond motifs is 3. The van der Waals surface area contributed by atoms with Crippen LogP contribution in [-0.2, 0) is 4.79 Å². The first-order valence-corrected chi connectivity index (χ1v) is 6.78. The van der Waals surface area contributed by atoms with Crippen molar-refractivity contribution in [2.45, 2.75) is 19.3 Å². The van der Waals surface area contributed by atoms with Crippen LogP contribution in [0, 0.1) is 0 Å². The molecular formula is C14H15N5O3. The minimum absolute atomic E-state index is 0.131. The number of aromatic nitrogens is 4. The molecule has 0 aliphatic heterocycles. The number of aliphatic carboxylic acids is 1. The van der Waals surface area contributed by atoms with Crippen molar-refractivity contribution >= 4 is 28.5 Å². The molecule has 1 unspecified atom stereocenters. The van der Waals surface area contributed by atoms with E-state index in [1.165, 1.54) is 4.52 Å². The highest BCUT2D eigenvalue weighted by Crippen LogP contribution is 2.28. The van der Waals surface area contributed by atoms with E-state index in [1.807, 2.05) is 12.1 Å². The third-order valence-electron chi connectivity index (χ3n) is 3.54. The molecule has 0 saturated carbocycles. The normalized spacial score (nSPS) is 12.6. The smallest absolute Gasteiger partial charge is 0.314 e. The molecule has 0 radical (unpaired) electrons. The lowest BCUT2D eigenvalue weighted by Crippen LogP contribution is -2.12. The average Bonchev–Trinajstić information content (AvgIpc) is 2.93. The van der Waals surface area contributed by atoms with Crippen LogP contribution in [0.2, 0.25) is 0 Å².